The Labute approximate surface area is 109 Å². The van der Waals surface area contributed by atoms with Crippen LogP contribution in [0, 0.1) is 12.3 Å². The maximum Gasteiger partial charge on any atom is 0.230 e. The minimum atomic E-state index is -0.0920. The first-order chi connectivity index (χ1) is 8.58. The Bertz CT molecular complexity index is 600. The number of ether oxygens (including phenoxy) is 1. The molecule has 0 radical (unpaired) electrons. The zero-order valence-electron chi connectivity index (χ0n) is 9.64. The minimum Gasteiger partial charge on any atom is -0.437 e. The van der Waals surface area contributed by atoms with Crippen molar-refractivity contribution < 1.29 is 4.74 Å². The van der Waals surface area contributed by atoms with E-state index in [1.807, 2.05) is 6.92 Å². The molecule has 2 aromatic rings. The molecule has 0 saturated carbocycles. The number of amidine groups is 1. The first-order valence-corrected chi connectivity index (χ1v) is 5.54. The van der Waals surface area contributed by atoms with Crippen LogP contribution in [0.1, 0.15) is 11.1 Å². The standard InChI is InChI=1S/C12H11ClN4O/c1-7-2-3-17-12(10(7)11(14)15)18-9-4-8(13)5-16-6-9/h2-6H,1H3,(H3,14,15). The number of hydrogen-bond donors (Lipinski definition) is 2. The summed E-state index contributed by atoms with van der Waals surface area (Å²) < 4.78 is 5.55. The molecule has 0 spiro atoms. The van der Waals surface area contributed by atoms with E-state index in [1.165, 1.54) is 12.4 Å². The summed E-state index contributed by atoms with van der Waals surface area (Å²) in [6.07, 6.45) is 4.61. The summed E-state index contributed by atoms with van der Waals surface area (Å²) in [5, 5.41) is 8.00. The molecule has 0 aromatic carbocycles. The van der Waals surface area contributed by atoms with E-state index in [2.05, 4.69) is 9.97 Å². The molecule has 0 bridgehead atoms. The molecule has 0 aliphatic rings. The molecule has 5 nitrogen and oxygen atoms in total. The first-order valence-electron chi connectivity index (χ1n) is 5.16. The van der Waals surface area contributed by atoms with Crippen LogP contribution in [-0.2, 0) is 0 Å². The van der Waals surface area contributed by atoms with Crippen LogP contribution >= 0.6 is 11.6 Å². The van der Waals surface area contributed by atoms with Gasteiger partial charge in [0.2, 0.25) is 5.88 Å². The minimum absolute atomic E-state index is 0.0920. The molecule has 6 heteroatoms. The SMILES string of the molecule is Cc1ccnc(Oc2cncc(Cl)c2)c1C(=N)N. The maximum atomic E-state index is 7.54. The Morgan fingerprint density at radius 3 is 2.89 bits per heavy atom. The van der Waals surface area contributed by atoms with Gasteiger partial charge in [-0.2, -0.15) is 0 Å². The van der Waals surface area contributed by atoms with Gasteiger partial charge in [-0.25, -0.2) is 4.98 Å². The number of aromatic nitrogens is 2. The maximum absolute atomic E-state index is 7.54. The third-order valence-electron chi connectivity index (χ3n) is 2.29. The molecule has 3 N–H and O–H groups in total. The van der Waals surface area contributed by atoms with Gasteiger partial charge < -0.3 is 10.5 Å². The van der Waals surface area contributed by atoms with Crippen LogP contribution < -0.4 is 10.5 Å². The Morgan fingerprint density at radius 1 is 1.44 bits per heavy atom. The first kappa shape index (κ1) is 12.3. The predicted molar refractivity (Wildman–Crippen MR) is 69.3 cm³/mol. The van der Waals surface area contributed by atoms with Crippen LogP contribution in [0.15, 0.2) is 30.7 Å². The molecule has 0 saturated heterocycles. The summed E-state index contributed by atoms with van der Waals surface area (Å²) in [5.41, 5.74) is 6.81. The number of halogens is 1. The Morgan fingerprint density at radius 2 is 2.22 bits per heavy atom. The molecule has 2 aromatic heterocycles. The van der Waals surface area contributed by atoms with Gasteiger partial charge in [0, 0.05) is 18.5 Å². The number of hydrogen-bond acceptors (Lipinski definition) is 4. The van der Waals surface area contributed by atoms with Crippen molar-refractivity contribution in [2.45, 2.75) is 6.92 Å². The van der Waals surface area contributed by atoms with E-state index in [0.29, 0.717) is 16.3 Å². The molecule has 0 aliphatic heterocycles. The Balaban J connectivity index is 2.40. The quantitative estimate of drug-likeness (QED) is 0.657. The van der Waals surface area contributed by atoms with E-state index in [4.69, 9.17) is 27.5 Å². The third kappa shape index (κ3) is 2.57. The fourth-order valence-electron chi connectivity index (χ4n) is 1.50. The van der Waals surface area contributed by atoms with Crippen molar-refractivity contribution in [3.63, 3.8) is 0 Å². The van der Waals surface area contributed by atoms with Gasteiger partial charge in [0.15, 0.2) is 0 Å². The second-order valence-electron chi connectivity index (χ2n) is 3.66. The lowest BCUT2D eigenvalue weighted by atomic mass is 10.1. The largest absolute Gasteiger partial charge is 0.437 e. The van der Waals surface area contributed by atoms with Gasteiger partial charge in [0.25, 0.3) is 0 Å². The molecule has 0 aliphatic carbocycles. The third-order valence-corrected chi connectivity index (χ3v) is 2.49. The number of nitrogens with zero attached hydrogens (tertiary/aromatic N) is 2. The summed E-state index contributed by atoms with van der Waals surface area (Å²) in [6.45, 7) is 1.83. The van der Waals surface area contributed by atoms with E-state index in [0.717, 1.165) is 5.56 Å². The number of nitrogen functional groups attached to an aromatic ring is 1. The zero-order chi connectivity index (χ0) is 13.1. The van der Waals surface area contributed by atoms with E-state index >= 15 is 0 Å². The van der Waals surface area contributed by atoms with Crippen LogP contribution in [0.4, 0.5) is 0 Å². The molecule has 18 heavy (non-hydrogen) atoms. The van der Waals surface area contributed by atoms with Crippen molar-refractivity contribution in [2.24, 2.45) is 5.73 Å². The van der Waals surface area contributed by atoms with Crippen molar-refractivity contribution in [1.29, 1.82) is 5.41 Å². The fraction of sp³-hybridized carbons (Fsp3) is 0.0833. The summed E-state index contributed by atoms with van der Waals surface area (Å²) >= 11 is 5.81. The number of nitrogens with two attached hydrogens (primary N) is 1. The highest BCUT2D eigenvalue weighted by molar-refractivity contribution is 6.30. The van der Waals surface area contributed by atoms with Crippen LogP contribution in [0.2, 0.25) is 5.02 Å². The molecule has 0 unspecified atom stereocenters. The number of pyridine rings is 2. The molecular weight excluding hydrogens is 252 g/mol. The summed E-state index contributed by atoms with van der Waals surface area (Å²) in [5.74, 6) is 0.625. The topological polar surface area (TPSA) is 84.9 Å². The lowest BCUT2D eigenvalue weighted by Crippen LogP contribution is -2.14. The lowest BCUT2D eigenvalue weighted by molar-refractivity contribution is 0.459. The van der Waals surface area contributed by atoms with Crippen molar-refractivity contribution in [3.8, 4) is 11.6 Å². The average molecular weight is 263 g/mol. The van der Waals surface area contributed by atoms with E-state index in [-0.39, 0.29) is 11.7 Å². The van der Waals surface area contributed by atoms with Crippen LogP contribution in [0.5, 0.6) is 11.6 Å². The molecule has 92 valence electrons. The second kappa shape index (κ2) is 5.01. The number of rotatable bonds is 3. The van der Waals surface area contributed by atoms with Crippen LogP contribution in [-0.4, -0.2) is 15.8 Å². The smallest absolute Gasteiger partial charge is 0.230 e. The van der Waals surface area contributed by atoms with Gasteiger partial charge in [0.05, 0.1) is 16.8 Å². The zero-order valence-corrected chi connectivity index (χ0v) is 10.4. The van der Waals surface area contributed by atoms with Crippen LogP contribution in [0.3, 0.4) is 0 Å². The molecule has 2 rings (SSSR count). The van der Waals surface area contributed by atoms with Gasteiger partial charge in [-0.1, -0.05) is 11.6 Å². The molecule has 0 fully saturated rings. The second-order valence-corrected chi connectivity index (χ2v) is 4.10. The number of nitrogens with one attached hydrogen (secondary N) is 1. The summed E-state index contributed by atoms with van der Waals surface area (Å²) in [6, 6.07) is 3.38. The highest BCUT2D eigenvalue weighted by Crippen LogP contribution is 2.25. The van der Waals surface area contributed by atoms with Crippen LogP contribution in [0.25, 0.3) is 0 Å². The molecule has 0 atom stereocenters. The normalized spacial score (nSPS) is 10.1. The van der Waals surface area contributed by atoms with Gasteiger partial charge in [-0.3, -0.25) is 10.4 Å². The van der Waals surface area contributed by atoms with Crippen molar-refractivity contribution >= 4 is 17.4 Å². The Hall–Kier alpha value is -2.14. The highest BCUT2D eigenvalue weighted by Gasteiger charge is 2.12. The predicted octanol–water partition coefficient (Wildman–Crippen LogP) is 2.51. The highest BCUT2D eigenvalue weighted by atomic mass is 35.5. The van der Waals surface area contributed by atoms with Crippen molar-refractivity contribution in [2.75, 3.05) is 0 Å². The van der Waals surface area contributed by atoms with Gasteiger partial charge >= 0.3 is 0 Å². The average Bonchev–Trinajstić information content (AvgIpc) is 2.28. The monoisotopic (exact) mass is 262 g/mol. The van der Waals surface area contributed by atoms with Crippen molar-refractivity contribution in [3.05, 3.63) is 46.9 Å². The summed E-state index contributed by atoms with van der Waals surface area (Å²) in [7, 11) is 0. The molecule has 2 heterocycles. The molecule has 0 amide bonds. The molecular formula is C12H11ClN4O. The van der Waals surface area contributed by atoms with E-state index in [9.17, 15) is 0 Å². The number of aryl methyl sites for hydroxylation is 1. The lowest BCUT2D eigenvalue weighted by Gasteiger charge is -2.10. The summed E-state index contributed by atoms with van der Waals surface area (Å²) in [4.78, 5) is 7.98. The van der Waals surface area contributed by atoms with E-state index < -0.39 is 0 Å². The Kier molecular flexibility index (Phi) is 3.43. The van der Waals surface area contributed by atoms with Gasteiger partial charge in [-0.15, -0.1) is 0 Å². The van der Waals surface area contributed by atoms with Gasteiger partial charge in [0.1, 0.15) is 11.6 Å². The van der Waals surface area contributed by atoms with Gasteiger partial charge in [-0.05, 0) is 18.6 Å². The van der Waals surface area contributed by atoms with E-state index in [1.54, 1.807) is 18.3 Å². The van der Waals surface area contributed by atoms with Crippen molar-refractivity contribution in [1.82, 2.24) is 9.97 Å². The fourth-order valence-corrected chi connectivity index (χ4v) is 1.66.